The average molecular weight is 917 g/mol. The normalized spacial score (nSPS) is 11.9. The average Bonchev–Trinajstić information content (AvgIpc) is 3.47. The Balaban J connectivity index is 1.22. The third-order valence-electron chi connectivity index (χ3n) is 11.5. The molecule has 10 heteroatoms. The lowest BCUT2D eigenvalue weighted by Crippen LogP contribution is -2.12. The van der Waals surface area contributed by atoms with E-state index in [1.165, 1.54) is 0 Å². The molecule has 0 saturated heterocycles. The summed E-state index contributed by atoms with van der Waals surface area (Å²) in [5.41, 5.74) is 4.34. The predicted molar refractivity (Wildman–Crippen MR) is 271 cm³/mol. The van der Waals surface area contributed by atoms with Crippen LogP contribution in [0.1, 0.15) is 52.7 Å². The van der Waals surface area contributed by atoms with Gasteiger partial charge in [-0.15, -0.1) is 0 Å². The van der Waals surface area contributed by atoms with E-state index in [0.29, 0.717) is 46.9 Å². The van der Waals surface area contributed by atoms with E-state index in [1.54, 1.807) is 14.2 Å². The lowest BCUT2D eigenvalue weighted by Gasteiger charge is -2.21. The Kier molecular flexibility index (Phi) is 12.7. The fourth-order valence-corrected chi connectivity index (χ4v) is 10.5. The molecule has 1 heterocycles. The molecule has 0 aliphatic heterocycles. The second kappa shape index (κ2) is 18.7. The molecule has 9 rings (SSSR count). The number of ether oxygens (including phenoxy) is 3. The van der Waals surface area contributed by atoms with Crippen molar-refractivity contribution in [1.82, 2.24) is 0 Å². The van der Waals surface area contributed by atoms with Gasteiger partial charge >= 0.3 is 8.24 Å². The van der Waals surface area contributed by atoms with Crippen LogP contribution in [0.2, 0.25) is 0 Å². The van der Waals surface area contributed by atoms with Gasteiger partial charge in [-0.05, 0) is 93.0 Å². The molecule has 0 N–H and O–H groups in total. The molecule has 0 radical (unpaired) electrons. The van der Waals surface area contributed by atoms with Crippen molar-refractivity contribution < 1.29 is 36.2 Å². The minimum Gasteiger partial charge on any atom is -0.497 e. The fourth-order valence-electron chi connectivity index (χ4n) is 8.19. The van der Waals surface area contributed by atoms with Crippen molar-refractivity contribution in [2.24, 2.45) is 0 Å². The number of para-hydroxylation sites is 2. The Labute approximate surface area is 388 Å². The van der Waals surface area contributed by atoms with Gasteiger partial charge in [-0.1, -0.05) is 139 Å². The largest absolute Gasteiger partial charge is 0.497 e. The van der Waals surface area contributed by atoms with Crippen LogP contribution in [0.25, 0.3) is 54.6 Å². The summed E-state index contributed by atoms with van der Waals surface area (Å²) in [7, 11) is -0.186. The SMILES string of the molecule is COc1cc(C(C)(C)C)c2op(Oc3ccc4ccccc4c3-c3c(OCCP(Oc4ccccc4)Oc4ccccc4)ccc4ccccc34)oc3c(C(C)(C)C)cc(OC)cc3c2c1. The maximum atomic E-state index is 7.24. The lowest BCUT2D eigenvalue weighted by molar-refractivity contribution is 0.337. The van der Waals surface area contributed by atoms with Gasteiger partial charge in [0.1, 0.15) is 45.7 Å². The Bertz CT molecular complexity index is 3080. The van der Waals surface area contributed by atoms with Gasteiger partial charge < -0.3 is 36.2 Å². The predicted octanol–water partition coefficient (Wildman–Crippen LogP) is 16.6. The first-order chi connectivity index (χ1) is 31.9. The molecule has 0 saturated carbocycles. The molecular formula is C56H54O8P2. The van der Waals surface area contributed by atoms with Gasteiger partial charge in [0, 0.05) is 33.0 Å². The van der Waals surface area contributed by atoms with Crippen molar-refractivity contribution in [3.63, 3.8) is 0 Å². The third kappa shape index (κ3) is 9.40. The summed E-state index contributed by atoms with van der Waals surface area (Å²) in [6.07, 6.45) is 0.498. The molecule has 1 aromatic heterocycles. The molecule has 0 aliphatic carbocycles. The molecular weight excluding hydrogens is 863 g/mol. The molecule has 0 bridgehead atoms. The van der Waals surface area contributed by atoms with Gasteiger partial charge in [-0.2, -0.15) is 0 Å². The Morgan fingerprint density at radius 3 is 1.38 bits per heavy atom. The highest BCUT2D eigenvalue weighted by molar-refractivity contribution is 7.48. The van der Waals surface area contributed by atoms with Gasteiger partial charge in [0.15, 0.2) is 0 Å². The molecule has 0 spiro atoms. The number of methoxy groups -OCH3 is 2. The van der Waals surface area contributed by atoms with E-state index < -0.39 is 16.6 Å². The van der Waals surface area contributed by atoms with E-state index in [2.05, 4.69) is 102 Å². The number of fused-ring (bicyclic) bond motifs is 5. The molecule has 0 fully saturated rings. The standard InChI is InChI=1S/C56H54O8P2/c1-55(2,3)47-35-41(57-7)33-45-46-34-42(58-8)36-48(56(4,5)6)54(46)64-66(63-53(45)47)62-50-30-28-38-20-16-18-26-44(38)52(50)51-43-25-17-15-19-37(43)27-29-49(51)59-31-32-65(60-39-21-11-9-12-22-39)61-40-23-13-10-14-24-40/h9-30,33-36H,31-32H2,1-8H3. The van der Waals surface area contributed by atoms with Crippen molar-refractivity contribution in [2.45, 2.75) is 52.4 Å². The summed E-state index contributed by atoms with van der Waals surface area (Å²) < 4.78 is 53.1. The second-order valence-corrected chi connectivity index (χ2v) is 20.6. The summed E-state index contributed by atoms with van der Waals surface area (Å²) in [6.45, 7) is 13.3. The highest BCUT2D eigenvalue weighted by Crippen LogP contribution is 2.51. The molecule has 0 atom stereocenters. The van der Waals surface area contributed by atoms with Gasteiger partial charge in [0.05, 0.1) is 27.0 Å². The van der Waals surface area contributed by atoms with Crippen molar-refractivity contribution in [3.05, 3.63) is 169 Å². The zero-order valence-corrected chi connectivity index (χ0v) is 40.4. The highest BCUT2D eigenvalue weighted by Gasteiger charge is 2.28. The van der Waals surface area contributed by atoms with E-state index in [9.17, 15) is 0 Å². The summed E-state index contributed by atoms with van der Waals surface area (Å²) in [6, 6.07) is 52.6. The molecule has 8 aromatic carbocycles. The van der Waals surface area contributed by atoms with Crippen LogP contribution >= 0.6 is 16.6 Å². The molecule has 0 aliphatic rings. The molecule has 66 heavy (non-hydrogen) atoms. The third-order valence-corrected chi connectivity index (χ3v) is 13.9. The topological polar surface area (TPSA) is 81.7 Å². The summed E-state index contributed by atoms with van der Waals surface area (Å²) in [5.74, 6) is 4.19. The van der Waals surface area contributed by atoms with Crippen LogP contribution in [-0.2, 0) is 10.8 Å². The van der Waals surface area contributed by atoms with Crippen LogP contribution in [0.3, 0.4) is 0 Å². The molecule has 336 valence electrons. The number of rotatable bonds is 13. The Morgan fingerprint density at radius 1 is 0.470 bits per heavy atom. The van der Waals surface area contributed by atoms with Crippen LogP contribution in [-0.4, -0.2) is 27.0 Å². The molecule has 8 nitrogen and oxygen atoms in total. The number of hydrogen-bond acceptors (Lipinski definition) is 8. The number of benzene rings is 8. The summed E-state index contributed by atoms with van der Waals surface area (Å²) in [5, 5.41) is 5.78. The minimum atomic E-state index is -2.14. The summed E-state index contributed by atoms with van der Waals surface area (Å²) >= 11 is 0. The van der Waals surface area contributed by atoms with Crippen molar-refractivity contribution in [3.8, 4) is 45.6 Å². The van der Waals surface area contributed by atoms with Crippen molar-refractivity contribution >= 4 is 60.1 Å². The quantitative estimate of drug-likeness (QED) is 0.106. The minimum absolute atomic E-state index is 0.322. The Hall–Kier alpha value is -6.59. The Morgan fingerprint density at radius 2 is 0.909 bits per heavy atom. The van der Waals surface area contributed by atoms with Gasteiger partial charge in [-0.25, -0.2) is 0 Å². The van der Waals surface area contributed by atoms with E-state index in [0.717, 1.165) is 66.1 Å². The molecule has 0 amide bonds. The fraction of sp³-hybridized carbons (Fsp3) is 0.214. The van der Waals surface area contributed by atoms with Crippen LogP contribution in [0.5, 0.6) is 34.5 Å². The first-order valence-electron chi connectivity index (χ1n) is 22.1. The molecule has 0 unspecified atom stereocenters. The lowest BCUT2D eigenvalue weighted by atomic mass is 9.84. The second-order valence-electron chi connectivity index (χ2n) is 18.1. The van der Waals surface area contributed by atoms with Gasteiger partial charge in [-0.3, -0.25) is 0 Å². The smallest absolute Gasteiger partial charge is 0.453 e. The highest BCUT2D eigenvalue weighted by atomic mass is 31.2. The van der Waals surface area contributed by atoms with E-state index in [1.807, 2.05) is 97.1 Å². The van der Waals surface area contributed by atoms with Crippen molar-refractivity contribution in [2.75, 3.05) is 27.0 Å². The van der Waals surface area contributed by atoms with Crippen LogP contribution in [0.4, 0.5) is 0 Å². The maximum absolute atomic E-state index is 7.24. The van der Waals surface area contributed by atoms with E-state index in [4.69, 9.17) is 36.2 Å². The van der Waals surface area contributed by atoms with Crippen LogP contribution in [0, 0.1) is 0 Å². The molecule has 9 aromatic rings. The zero-order valence-electron chi connectivity index (χ0n) is 38.6. The van der Waals surface area contributed by atoms with Gasteiger partial charge in [0.25, 0.3) is 8.38 Å². The van der Waals surface area contributed by atoms with Crippen LogP contribution < -0.4 is 27.8 Å². The van der Waals surface area contributed by atoms with E-state index >= 15 is 0 Å². The maximum Gasteiger partial charge on any atom is 0.453 e. The zero-order chi connectivity index (χ0) is 46.0. The first-order valence-corrected chi connectivity index (χ1v) is 24.5. The first kappa shape index (κ1) is 44.6. The monoisotopic (exact) mass is 916 g/mol. The summed E-state index contributed by atoms with van der Waals surface area (Å²) in [4.78, 5) is 0. The van der Waals surface area contributed by atoms with Crippen LogP contribution in [0.15, 0.2) is 166 Å². The van der Waals surface area contributed by atoms with Crippen molar-refractivity contribution in [1.29, 1.82) is 0 Å². The van der Waals surface area contributed by atoms with E-state index in [-0.39, 0.29) is 10.8 Å². The number of hydrogen-bond donors (Lipinski definition) is 0. The van der Waals surface area contributed by atoms with Gasteiger partial charge in [0.2, 0.25) is 0 Å².